The number of nitrogens with zero attached hydrogens (tertiary/aromatic N) is 2. The molecule has 6 nitrogen and oxygen atoms in total. The van der Waals surface area contributed by atoms with Crippen LogP contribution in [0.3, 0.4) is 0 Å². The van der Waals surface area contributed by atoms with E-state index in [0.717, 1.165) is 26.1 Å². The van der Waals surface area contributed by atoms with Crippen molar-refractivity contribution in [2.45, 2.75) is 19.8 Å². The molecule has 0 bridgehead atoms. The highest BCUT2D eigenvalue weighted by Crippen LogP contribution is 2.18. The summed E-state index contributed by atoms with van der Waals surface area (Å²) in [6.07, 6.45) is 1.75. The molecule has 7 heteroatoms. The Morgan fingerprint density at radius 1 is 1.07 bits per heavy atom. The zero-order valence-electron chi connectivity index (χ0n) is 15.6. The molecule has 2 amide bonds. The maximum atomic E-state index is 12.0. The summed E-state index contributed by atoms with van der Waals surface area (Å²) in [6, 6.07) is 13.6. The normalized spacial score (nSPS) is 10.7. The Labute approximate surface area is 173 Å². The molecule has 2 rings (SSSR count). The standard InChI is InChI=1S/C20H23IN4O2/c1-14-12-16(21)6-9-18(14)23-19(26)10-11-20(27)24-22-13-15-4-7-17(8-5-15)25(2)3/h4-9,12-13H,10-11H2,1-3H3,(H,23,26)(H,24,27). The third-order valence-corrected chi connectivity index (χ3v) is 4.53. The average Bonchev–Trinajstić information content (AvgIpc) is 2.63. The molecule has 0 aliphatic heterocycles. The van der Waals surface area contributed by atoms with Gasteiger partial charge in [-0.2, -0.15) is 5.10 Å². The summed E-state index contributed by atoms with van der Waals surface area (Å²) < 4.78 is 1.11. The van der Waals surface area contributed by atoms with Gasteiger partial charge in [-0.3, -0.25) is 9.59 Å². The van der Waals surface area contributed by atoms with E-state index in [0.29, 0.717) is 0 Å². The van der Waals surface area contributed by atoms with Crippen molar-refractivity contribution in [3.63, 3.8) is 0 Å². The lowest BCUT2D eigenvalue weighted by Gasteiger charge is -2.11. The molecule has 0 unspecified atom stereocenters. The van der Waals surface area contributed by atoms with Gasteiger partial charge in [0.1, 0.15) is 0 Å². The minimum atomic E-state index is -0.300. The topological polar surface area (TPSA) is 73.8 Å². The van der Waals surface area contributed by atoms with Crippen LogP contribution in [0.25, 0.3) is 0 Å². The second-order valence-electron chi connectivity index (χ2n) is 6.29. The molecule has 142 valence electrons. The van der Waals surface area contributed by atoms with E-state index in [-0.39, 0.29) is 24.7 Å². The van der Waals surface area contributed by atoms with Crippen molar-refractivity contribution in [1.82, 2.24) is 5.43 Å². The Morgan fingerprint density at radius 2 is 1.74 bits per heavy atom. The molecule has 0 aliphatic rings. The van der Waals surface area contributed by atoms with Crippen LogP contribution in [0.2, 0.25) is 0 Å². The van der Waals surface area contributed by atoms with Crippen LogP contribution in [-0.2, 0) is 9.59 Å². The lowest BCUT2D eigenvalue weighted by molar-refractivity contribution is -0.124. The highest BCUT2D eigenvalue weighted by molar-refractivity contribution is 14.1. The summed E-state index contributed by atoms with van der Waals surface area (Å²) >= 11 is 2.22. The van der Waals surface area contributed by atoms with Gasteiger partial charge in [0.25, 0.3) is 0 Å². The van der Waals surface area contributed by atoms with Crippen molar-refractivity contribution < 1.29 is 9.59 Å². The monoisotopic (exact) mass is 478 g/mol. The van der Waals surface area contributed by atoms with Crippen molar-refractivity contribution >= 4 is 52.0 Å². The number of benzene rings is 2. The summed E-state index contributed by atoms with van der Waals surface area (Å²) in [5, 5.41) is 6.76. The second kappa shape index (κ2) is 10.1. The van der Waals surface area contributed by atoms with Crippen LogP contribution in [0.5, 0.6) is 0 Å². The smallest absolute Gasteiger partial charge is 0.240 e. The van der Waals surface area contributed by atoms with Crippen LogP contribution >= 0.6 is 22.6 Å². The number of nitrogens with one attached hydrogen (secondary N) is 2. The summed E-state index contributed by atoms with van der Waals surface area (Å²) in [6.45, 7) is 1.93. The summed E-state index contributed by atoms with van der Waals surface area (Å²) in [5.74, 6) is -0.497. The van der Waals surface area contributed by atoms with Crippen LogP contribution < -0.4 is 15.6 Å². The first-order valence-electron chi connectivity index (χ1n) is 8.50. The molecule has 2 N–H and O–H groups in total. The summed E-state index contributed by atoms with van der Waals surface area (Å²) in [5.41, 5.74) is 6.17. The quantitative estimate of drug-likeness (QED) is 0.363. The number of carbonyl (C=O) groups excluding carboxylic acids is 2. The minimum Gasteiger partial charge on any atom is -0.378 e. The maximum Gasteiger partial charge on any atom is 0.240 e. The van der Waals surface area contributed by atoms with Gasteiger partial charge in [-0.05, 0) is 71.0 Å². The highest BCUT2D eigenvalue weighted by Gasteiger charge is 2.08. The van der Waals surface area contributed by atoms with E-state index in [1.165, 1.54) is 0 Å². The van der Waals surface area contributed by atoms with Gasteiger partial charge in [0.05, 0.1) is 6.21 Å². The number of rotatable bonds is 7. The molecule has 2 aromatic rings. The van der Waals surface area contributed by atoms with E-state index in [1.54, 1.807) is 6.21 Å². The number of anilines is 2. The average molecular weight is 478 g/mol. The number of carbonyl (C=O) groups is 2. The van der Waals surface area contributed by atoms with Crippen LogP contribution in [0, 0.1) is 10.5 Å². The third kappa shape index (κ3) is 7.01. The first-order chi connectivity index (χ1) is 12.8. The zero-order chi connectivity index (χ0) is 19.8. The minimum absolute atomic E-state index is 0.0756. The number of hydrogen-bond donors (Lipinski definition) is 2. The maximum absolute atomic E-state index is 12.0. The lowest BCUT2D eigenvalue weighted by Crippen LogP contribution is -2.20. The Kier molecular flexibility index (Phi) is 7.78. The molecular weight excluding hydrogens is 455 g/mol. The van der Waals surface area contributed by atoms with E-state index in [4.69, 9.17) is 0 Å². The predicted octanol–water partition coefficient (Wildman–Crippen LogP) is 3.53. The van der Waals surface area contributed by atoms with Crippen molar-refractivity contribution in [1.29, 1.82) is 0 Å². The van der Waals surface area contributed by atoms with Crippen molar-refractivity contribution in [2.75, 3.05) is 24.3 Å². The van der Waals surface area contributed by atoms with E-state index in [1.807, 2.05) is 68.4 Å². The molecule has 0 atom stereocenters. The van der Waals surface area contributed by atoms with Gasteiger partial charge >= 0.3 is 0 Å². The number of hydrazone groups is 1. The molecule has 27 heavy (non-hydrogen) atoms. The molecule has 0 heterocycles. The Hall–Kier alpha value is -2.42. The van der Waals surface area contributed by atoms with Gasteiger partial charge in [0.15, 0.2) is 0 Å². The highest BCUT2D eigenvalue weighted by atomic mass is 127. The Morgan fingerprint density at radius 3 is 2.37 bits per heavy atom. The first-order valence-corrected chi connectivity index (χ1v) is 9.58. The molecule has 0 spiro atoms. The fraction of sp³-hybridized carbons (Fsp3) is 0.250. The van der Waals surface area contributed by atoms with E-state index < -0.39 is 0 Å². The molecule has 0 saturated heterocycles. The number of hydrogen-bond acceptors (Lipinski definition) is 4. The van der Waals surface area contributed by atoms with Crippen LogP contribution in [0.15, 0.2) is 47.6 Å². The Bertz CT molecular complexity index is 832. The fourth-order valence-corrected chi connectivity index (χ4v) is 2.95. The van der Waals surface area contributed by atoms with E-state index in [2.05, 4.69) is 38.4 Å². The van der Waals surface area contributed by atoms with Crippen molar-refractivity contribution in [3.05, 3.63) is 57.2 Å². The van der Waals surface area contributed by atoms with Gasteiger partial charge in [-0.1, -0.05) is 12.1 Å². The fourth-order valence-electron chi connectivity index (χ4n) is 2.30. The van der Waals surface area contributed by atoms with Gasteiger partial charge < -0.3 is 10.2 Å². The number of amides is 2. The molecule has 0 fully saturated rings. The number of aryl methyl sites for hydroxylation is 1. The molecular formula is C20H23IN4O2. The predicted molar refractivity (Wildman–Crippen MR) is 118 cm³/mol. The SMILES string of the molecule is Cc1cc(I)ccc1NC(=O)CCC(=O)NN=Cc1ccc(N(C)C)cc1. The van der Waals surface area contributed by atoms with Crippen molar-refractivity contribution in [2.24, 2.45) is 5.10 Å². The zero-order valence-corrected chi connectivity index (χ0v) is 17.8. The van der Waals surface area contributed by atoms with Crippen LogP contribution in [0.4, 0.5) is 11.4 Å². The van der Waals surface area contributed by atoms with E-state index in [9.17, 15) is 9.59 Å². The molecule has 0 aromatic heterocycles. The van der Waals surface area contributed by atoms with Crippen molar-refractivity contribution in [3.8, 4) is 0 Å². The third-order valence-electron chi connectivity index (χ3n) is 3.85. The van der Waals surface area contributed by atoms with Gasteiger partial charge in [-0.25, -0.2) is 5.43 Å². The second-order valence-corrected chi connectivity index (χ2v) is 7.53. The molecule has 0 radical (unpaired) electrons. The largest absolute Gasteiger partial charge is 0.378 e. The van der Waals surface area contributed by atoms with Crippen LogP contribution in [-0.4, -0.2) is 32.1 Å². The van der Waals surface area contributed by atoms with Gasteiger partial charge in [-0.15, -0.1) is 0 Å². The summed E-state index contributed by atoms with van der Waals surface area (Å²) in [7, 11) is 3.94. The number of halogens is 1. The van der Waals surface area contributed by atoms with Crippen LogP contribution in [0.1, 0.15) is 24.0 Å². The first kappa shape index (κ1) is 20.9. The van der Waals surface area contributed by atoms with Gasteiger partial charge in [0.2, 0.25) is 11.8 Å². The lowest BCUT2D eigenvalue weighted by atomic mass is 10.2. The van der Waals surface area contributed by atoms with Gasteiger partial charge in [0, 0.05) is 41.9 Å². The molecule has 0 aliphatic carbocycles. The van der Waals surface area contributed by atoms with E-state index >= 15 is 0 Å². The molecule has 2 aromatic carbocycles. The molecule has 0 saturated carbocycles. The Balaban J connectivity index is 1.76. The summed E-state index contributed by atoms with van der Waals surface area (Å²) in [4.78, 5) is 25.8.